The molecule has 0 spiro atoms. The van der Waals surface area contributed by atoms with E-state index in [2.05, 4.69) is 12.2 Å². The Balaban J connectivity index is 2.39. The van der Waals surface area contributed by atoms with Crippen LogP contribution in [0.4, 0.5) is 4.79 Å². The van der Waals surface area contributed by atoms with Crippen LogP contribution in [0, 0.1) is 5.92 Å². The summed E-state index contributed by atoms with van der Waals surface area (Å²) in [7, 11) is 0. The van der Waals surface area contributed by atoms with Crippen LogP contribution in [0.15, 0.2) is 0 Å². The molecule has 0 bridgehead atoms. The first-order chi connectivity index (χ1) is 10.2. The van der Waals surface area contributed by atoms with E-state index in [1.54, 1.807) is 20.8 Å². The molecule has 1 aliphatic heterocycles. The number of nitrogens with zero attached hydrogens (tertiary/aromatic N) is 1. The van der Waals surface area contributed by atoms with Crippen molar-refractivity contribution in [2.24, 2.45) is 5.92 Å². The lowest BCUT2D eigenvalue weighted by Gasteiger charge is -2.24. The third-order valence-corrected chi connectivity index (χ3v) is 3.61. The second-order valence-electron chi connectivity index (χ2n) is 6.91. The minimum Gasteiger partial charge on any atom is -0.444 e. The first kappa shape index (κ1) is 18.7. The molecule has 2 N–H and O–H groups in total. The molecule has 0 radical (unpaired) electrons. The lowest BCUT2D eigenvalue weighted by atomic mass is 10.1. The zero-order valence-corrected chi connectivity index (χ0v) is 14.2. The van der Waals surface area contributed by atoms with Gasteiger partial charge in [-0.15, -0.1) is 0 Å². The van der Waals surface area contributed by atoms with E-state index in [4.69, 9.17) is 4.74 Å². The van der Waals surface area contributed by atoms with Crippen molar-refractivity contribution in [2.75, 3.05) is 19.6 Å². The van der Waals surface area contributed by atoms with Crippen molar-refractivity contribution in [3.63, 3.8) is 0 Å². The third kappa shape index (κ3) is 6.22. The van der Waals surface area contributed by atoms with Gasteiger partial charge in [-0.3, -0.25) is 4.79 Å². The minimum atomic E-state index is -0.830. The summed E-state index contributed by atoms with van der Waals surface area (Å²) in [4.78, 5) is 25.5. The van der Waals surface area contributed by atoms with Crippen LogP contribution in [0.1, 0.15) is 53.4 Å². The van der Waals surface area contributed by atoms with Crippen molar-refractivity contribution in [1.29, 1.82) is 0 Å². The first-order valence-corrected chi connectivity index (χ1v) is 8.18. The highest BCUT2D eigenvalue weighted by Crippen LogP contribution is 2.20. The number of β-amino-alcohol motifs (C(OH)–C–C–N with tert-alkyl or cyclic N) is 1. The van der Waals surface area contributed by atoms with Crippen LogP contribution in [0.2, 0.25) is 0 Å². The normalized spacial score (nSPS) is 21.8. The molecule has 0 saturated carbocycles. The lowest BCUT2D eigenvalue weighted by molar-refractivity contribution is -0.126. The minimum absolute atomic E-state index is 0.142. The smallest absolute Gasteiger partial charge is 0.410 e. The number of carbonyl (C=O) groups is 2. The van der Waals surface area contributed by atoms with Gasteiger partial charge in [-0.25, -0.2) is 4.79 Å². The summed E-state index contributed by atoms with van der Waals surface area (Å²) < 4.78 is 5.27. The van der Waals surface area contributed by atoms with Gasteiger partial charge in [0.1, 0.15) is 5.60 Å². The Hall–Kier alpha value is -1.30. The van der Waals surface area contributed by atoms with Crippen LogP contribution in [0.25, 0.3) is 0 Å². The molecule has 0 aliphatic carbocycles. The summed E-state index contributed by atoms with van der Waals surface area (Å²) in [5.74, 6) is -0.756. The molecule has 2 amide bonds. The highest BCUT2D eigenvalue weighted by atomic mass is 16.6. The van der Waals surface area contributed by atoms with Crippen molar-refractivity contribution in [2.45, 2.75) is 65.1 Å². The van der Waals surface area contributed by atoms with Crippen LogP contribution < -0.4 is 5.32 Å². The maximum Gasteiger partial charge on any atom is 0.410 e. The van der Waals surface area contributed by atoms with Gasteiger partial charge < -0.3 is 20.1 Å². The molecular formula is C16H30N2O4. The summed E-state index contributed by atoms with van der Waals surface area (Å²) in [5.41, 5.74) is -0.582. The molecule has 1 saturated heterocycles. The number of aliphatic hydroxyl groups is 1. The molecule has 0 aromatic rings. The van der Waals surface area contributed by atoms with Gasteiger partial charge in [0.15, 0.2) is 0 Å². The van der Waals surface area contributed by atoms with Crippen LogP contribution in [0.3, 0.4) is 0 Å². The molecule has 6 nitrogen and oxygen atoms in total. The van der Waals surface area contributed by atoms with Gasteiger partial charge in [0, 0.05) is 13.1 Å². The average Bonchev–Trinajstić information content (AvgIpc) is 2.79. The highest BCUT2D eigenvalue weighted by molar-refractivity contribution is 5.81. The molecule has 22 heavy (non-hydrogen) atoms. The summed E-state index contributed by atoms with van der Waals surface area (Å²) in [6, 6.07) is 0. The van der Waals surface area contributed by atoms with E-state index in [0.29, 0.717) is 6.54 Å². The van der Waals surface area contributed by atoms with Crippen molar-refractivity contribution in [3.8, 4) is 0 Å². The topological polar surface area (TPSA) is 78.9 Å². The van der Waals surface area contributed by atoms with E-state index in [-0.39, 0.29) is 19.0 Å². The summed E-state index contributed by atoms with van der Waals surface area (Å²) in [5, 5.41) is 12.9. The first-order valence-electron chi connectivity index (χ1n) is 8.18. The van der Waals surface area contributed by atoms with Gasteiger partial charge in [0.2, 0.25) is 5.91 Å². The molecule has 0 unspecified atom stereocenters. The summed E-state index contributed by atoms with van der Waals surface area (Å²) >= 11 is 0. The van der Waals surface area contributed by atoms with E-state index >= 15 is 0 Å². The fourth-order valence-electron chi connectivity index (χ4n) is 2.41. The van der Waals surface area contributed by atoms with Crippen molar-refractivity contribution < 1.29 is 19.4 Å². The van der Waals surface area contributed by atoms with Gasteiger partial charge in [0.05, 0.1) is 18.6 Å². The third-order valence-electron chi connectivity index (χ3n) is 3.61. The summed E-state index contributed by atoms with van der Waals surface area (Å²) in [6.07, 6.45) is 3.04. The maximum absolute atomic E-state index is 12.1. The van der Waals surface area contributed by atoms with Gasteiger partial charge in [-0.2, -0.15) is 0 Å². The van der Waals surface area contributed by atoms with E-state index in [1.165, 1.54) is 4.90 Å². The number of hydrogen-bond donors (Lipinski definition) is 2. The summed E-state index contributed by atoms with van der Waals surface area (Å²) in [6.45, 7) is 8.47. The average molecular weight is 314 g/mol. The zero-order valence-electron chi connectivity index (χ0n) is 14.2. The number of rotatable bonds is 6. The number of likely N-dealkylation sites (tertiary alicyclic amines) is 1. The molecule has 0 aromatic heterocycles. The standard InChI is InChI=1S/C16H30N2O4/c1-5-6-7-8-9-17-14(20)12-10-18(11-13(12)19)15(21)22-16(2,3)4/h12-13,19H,5-11H2,1-4H3,(H,17,20)/t12-,13-/m1/s1. The molecule has 2 atom stereocenters. The van der Waals surface area contributed by atoms with E-state index in [0.717, 1.165) is 25.7 Å². The number of carbonyl (C=O) groups excluding carboxylic acids is 2. The van der Waals surface area contributed by atoms with Crippen molar-refractivity contribution in [1.82, 2.24) is 10.2 Å². The Morgan fingerprint density at radius 3 is 2.50 bits per heavy atom. The predicted molar refractivity (Wildman–Crippen MR) is 84.5 cm³/mol. The molecule has 1 fully saturated rings. The number of aliphatic hydroxyl groups excluding tert-OH is 1. The molecular weight excluding hydrogens is 284 g/mol. The maximum atomic E-state index is 12.1. The Kier molecular flexibility index (Phi) is 7.13. The fraction of sp³-hybridized carbons (Fsp3) is 0.875. The monoisotopic (exact) mass is 314 g/mol. The van der Waals surface area contributed by atoms with Crippen LogP contribution >= 0.6 is 0 Å². The van der Waals surface area contributed by atoms with Gasteiger partial charge in [-0.05, 0) is 27.2 Å². The largest absolute Gasteiger partial charge is 0.444 e. The SMILES string of the molecule is CCCCCCNC(=O)[C@@H]1CN(C(=O)OC(C)(C)C)C[C@H]1O. The van der Waals surface area contributed by atoms with Gasteiger partial charge in [0.25, 0.3) is 0 Å². The zero-order chi connectivity index (χ0) is 16.8. The van der Waals surface area contributed by atoms with Crippen LogP contribution in [0.5, 0.6) is 0 Å². The second-order valence-corrected chi connectivity index (χ2v) is 6.91. The van der Waals surface area contributed by atoms with Crippen molar-refractivity contribution >= 4 is 12.0 Å². The predicted octanol–water partition coefficient (Wildman–Crippen LogP) is 1.91. The molecule has 1 rings (SSSR count). The molecule has 6 heteroatoms. The Morgan fingerprint density at radius 2 is 1.91 bits per heavy atom. The molecule has 1 aliphatic rings. The van der Waals surface area contributed by atoms with E-state index in [1.807, 2.05) is 0 Å². The Bertz CT molecular complexity index is 379. The van der Waals surface area contributed by atoms with Gasteiger partial charge in [-0.1, -0.05) is 26.2 Å². The van der Waals surface area contributed by atoms with E-state index in [9.17, 15) is 14.7 Å². The highest BCUT2D eigenvalue weighted by Gasteiger charge is 2.39. The Morgan fingerprint density at radius 1 is 1.23 bits per heavy atom. The molecule has 128 valence electrons. The number of nitrogens with one attached hydrogen (secondary N) is 1. The fourth-order valence-corrected chi connectivity index (χ4v) is 2.41. The number of ether oxygens (including phenoxy) is 1. The lowest BCUT2D eigenvalue weighted by Crippen LogP contribution is -2.38. The van der Waals surface area contributed by atoms with Crippen LogP contribution in [-0.4, -0.2) is 53.3 Å². The number of amides is 2. The van der Waals surface area contributed by atoms with Gasteiger partial charge >= 0.3 is 6.09 Å². The van der Waals surface area contributed by atoms with Crippen molar-refractivity contribution in [3.05, 3.63) is 0 Å². The van der Waals surface area contributed by atoms with Crippen LogP contribution in [-0.2, 0) is 9.53 Å². The molecule has 1 heterocycles. The number of unbranched alkanes of at least 4 members (excludes halogenated alkanes) is 3. The van der Waals surface area contributed by atoms with E-state index < -0.39 is 23.7 Å². The second kappa shape index (κ2) is 8.36. The quantitative estimate of drug-likeness (QED) is 0.734. The number of hydrogen-bond acceptors (Lipinski definition) is 4. The Labute approximate surface area is 133 Å². The molecule has 0 aromatic carbocycles.